The van der Waals surface area contributed by atoms with Gasteiger partial charge in [0.05, 0.1) is 18.9 Å². The second-order valence-corrected chi connectivity index (χ2v) is 7.78. The maximum absolute atomic E-state index is 13.9. The van der Waals surface area contributed by atoms with E-state index in [1.165, 1.54) is 36.4 Å². The van der Waals surface area contributed by atoms with Crippen molar-refractivity contribution in [3.05, 3.63) is 89.3 Å². The van der Waals surface area contributed by atoms with Crippen LogP contribution < -0.4 is 20.1 Å². The summed E-state index contributed by atoms with van der Waals surface area (Å²) in [7, 11) is 3.05. The molecule has 0 saturated carbocycles. The SMILES string of the molecule is COc1ncc(CNC(=O)c2cccc(Oc3ccnc(NC(=O)c4cnn(C)c4)c3)c2C)cc1F. The zero-order valence-electron chi connectivity index (χ0n) is 19.8. The number of hydrogen-bond donors (Lipinski definition) is 2. The number of carbonyl (C=O) groups is 2. The average Bonchev–Trinajstić information content (AvgIpc) is 3.30. The minimum atomic E-state index is -0.607. The molecule has 10 nitrogen and oxygen atoms in total. The zero-order valence-corrected chi connectivity index (χ0v) is 19.8. The summed E-state index contributed by atoms with van der Waals surface area (Å²) < 4.78 is 26.2. The Bertz CT molecular complexity index is 1420. The Kier molecular flexibility index (Phi) is 7.19. The number of ether oxygens (including phenoxy) is 2. The zero-order chi connectivity index (χ0) is 25.7. The molecule has 0 fully saturated rings. The summed E-state index contributed by atoms with van der Waals surface area (Å²) in [5, 5.41) is 9.43. The molecule has 0 saturated heterocycles. The fourth-order valence-corrected chi connectivity index (χ4v) is 3.36. The number of carbonyl (C=O) groups excluding carboxylic acids is 2. The Morgan fingerprint density at radius 3 is 2.67 bits per heavy atom. The highest BCUT2D eigenvalue weighted by atomic mass is 19.1. The van der Waals surface area contributed by atoms with Crippen LogP contribution in [-0.2, 0) is 13.6 Å². The molecule has 0 aliphatic rings. The fraction of sp³-hybridized carbons (Fsp3) is 0.160. The van der Waals surface area contributed by atoms with Gasteiger partial charge in [-0.3, -0.25) is 14.3 Å². The van der Waals surface area contributed by atoms with Gasteiger partial charge in [0.2, 0.25) is 5.88 Å². The first-order valence-corrected chi connectivity index (χ1v) is 10.8. The van der Waals surface area contributed by atoms with Gasteiger partial charge in [0.25, 0.3) is 11.8 Å². The maximum Gasteiger partial charge on any atom is 0.260 e. The molecule has 184 valence electrons. The number of benzene rings is 1. The summed E-state index contributed by atoms with van der Waals surface area (Å²) in [4.78, 5) is 33.2. The number of amides is 2. The summed E-state index contributed by atoms with van der Waals surface area (Å²) >= 11 is 0. The van der Waals surface area contributed by atoms with Gasteiger partial charge in [-0.2, -0.15) is 5.10 Å². The molecule has 0 atom stereocenters. The van der Waals surface area contributed by atoms with Gasteiger partial charge >= 0.3 is 0 Å². The third-order valence-corrected chi connectivity index (χ3v) is 5.21. The Labute approximate surface area is 206 Å². The molecule has 0 aliphatic carbocycles. The number of aryl methyl sites for hydroxylation is 1. The van der Waals surface area contributed by atoms with E-state index in [1.807, 2.05) is 0 Å². The molecule has 2 amide bonds. The summed E-state index contributed by atoms with van der Waals surface area (Å²) in [6.07, 6.45) is 5.99. The first-order chi connectivity index (χ1) is 17.3. The molecule has 0 unspecified atom stereocenters. The van der Waals surface area contributed by atoms with E-state index in [0.29, 0.717) is 39.6 Å². The van der Waals surface area contributed by atoms with Crippen LogP contribution in [0.2, 0.25) is 0 Å². The predicted molar refractivity (Wildman–Crippen MR) is 129 cm³/mol. The van der Waals surface area contributed by atoms with Gasteiger partial charge in [-0.15, -0.1) is 0 Å². The van der Waals surface area contributed by atoms with Crippen molar-refractivity contribution in [3.63, 3.8) is 0 Å². The van der Waals surface area contributed by atoms with Crippen LogP contribution in [0, 0.1) is 12.7 Å². The third-order valence-electron chi connectivity index (χ3n) is 5.21. The number of aromatic nitrogens is 4. The van der Waals surface area contributed by atoms with Crippen molar-refractivity contribution < 1.29 is 23.5 Å². The van der Waals surface area contributed by atoms with Crippen molar-refractivity contribution in [3.8, 4) is 17.4 Å². The summed E-state index contributed by atoms with van der Waals surface area (Å²) in [6.45, 7) is 1.84. The van der Waals surface area contributed by atoms with Crippen LogP contribution in [0.3, 0.4) is 0 Å². The molecular weight excluding hydrogens is 467 g/mol. The second-order valence-electron chi connectivity index (χ2n) is 7.78. The van der Waals surface area contributed by atoms with Gasteiger partial charge < -0.3 is 20.1 Å². The van der Waals surface area contributed by atoms with Crippen LogP contribution in [0.1, 0.15) is 31.8 Å². The van der Waals surface area contributed by atoms with E-state index in [2.05, 4.69) is 25.7 Å². The number of nitrogens with one attached hydrogen (secondary N) is 2. The number of pyridine rings is 2. The monoisotopic (exact) mass is 490 g/mol. The van der Waals surface area contributed by atoms with Gasteiger partial charge in [-0.25, -0.2) is 14.4 Å². The van der Waals surface area contributed by atoms with Crippen molar-refractivity contribution in [2.24, 2.45) is 7.05 Å². The van der Waals surface area contributed by atoms with E-state index in [1.54, 1.807) is 50.5 Å². The Morgan fingerprint density at radius 1 is 1.11 bits per heavy atom. The van der Waals surface area contributed by atoms with E-state index < -0.39 is 5.82 Å². The topological polar surface area (TPSA) is 120 Å². The molecule has 0 spiro atoms. The molecule has 4 aromatic rings. The van der Waals surface area contributed by atoms with Crippen LogP contribution >= 0.6 is 0 Å². The fourth-order valence-electron chi connectivity index (χ4n) is 3.36. The summed E-state index contributed by atoms with van der Waals surface area (Å²) in [5.74, 6) is -0.246. The van der Waals surface area contributed by atoms with Gasteiger partial charge in [0, 0.05) is 49.4 Å². The van der Waals surface area contributed by atoms with Crippen LogP contribution in [-0.4, -0.2) is 38.7 Å². The number of anilines is 1. The lowest BCUT2D eigenvalue weighted by molar-refractivity contribution is 0.0949. The normalized spacial score (nSPS) is 10.6. The van der Waals surface area contributed by atoms with Crippen molar-refractivity contribution in [1.29, 1.82) is 0 Å². The third kappa shape index (κ3) is 5.63. The molecular formula is C25H23FN6O4. The van der Waals surface area contributed by atoms with Gasteiger partial charge in [-0.1, -0.05) is 6.07 Å². The van der Waals surface area contributed by atoms with Gasteiger partial charge in [-0.05, 0) is 36.8 Å². The molecule has 0 radical (unpaired) electrons. The number of nitrogens with zero attached hydrogens (tertiary/aromatic N) is 4. The lowest BCUT2D eigenvalue weighted by Gasteiger charge is -2.13. The van der Waals surface area contributed by atoms with Crippen LogP contribution in [0.4, 0.5) is 10.2 Å². The van der Waals surface area contributed by atoms with Crippen LogP contribution in [0.25, 0.3) is 0 Å². The minimum Gasteiger partial charge on any atom is -0.479 e. The lowest BCUT2D eigenvalue weighted by atomic mass is 10.1. The Morgan fingerprint density at radius 2 is 1.94 bits per heavy atom. The molecule has 0 bridgehead atoms. The van der Waals surface area contributed by atoms with E-state index in [0.717, 1.165) is 0 Å². The number of methoxy groups -OCH3 is 1. The molecule has 11 heteroatoms. The summed E-state index contributed by atoms with van der Waals surface area (Å²) in [5.41, 5.74) is 1.89. The molecule has 3 aromatic heterocycles. The molecule has 4 rings (SSSR count). The first-order valence-electron chi connectivity index (χ1n) is 10.8. The number of rotatable bonds is 8. The average molecular weight is 490 g/mol. The maximum atomic E-state index is 13.9. The Balaban J connectivity index is 1.43. The largest absolute Gasteiger partial charge is 0.479 e. The summed E-state index contributed by atoms with van der Waals surface area (Å²) in [6, 6.07) is 9.55. The molecule has 2 N–H and O–H groups in total. The number of hydrogen-bond acceptors (Lipinski definition) is 7. The standard InChI is InChI=1S/C25H23FN6O4/c1-15-19(24(34)28-11-16-9-20(26)25(35-3)29-12-16)5-4-6-21(15)36-18-7-8-27-22(10-18)31-23(33)17-13-30-32(2)14-17/h4-10,12-14H,11H2,1-3H3,(H,28,34)(H,27,31,33). The van der Waals surface area contributed by atoms with E-state index in [9.17, 15) is 14.0 Å². The van der Waals surface area contributed by atoms with Gasteiger partial charge in [0.15, 0.2) is 5.82 Å². The van der Waals surface area contributed by atoms with Crippen LogP contribution in [0.15, 0.2) is 61.2 Å². The minimum absolute atomic E-state index is 0.0849. The highest BCUT2D eigenvalue weighted by Gasteiger charge is 2.15. The van der Waals surface area contributed by atoms with Crippen molar-refractivity contribution in [1.82, 2.24) is 25.1 Å². The van der Waals surface area contributed by atoms with E-state index >= 15 is 0 Å². The molecule has 3 heterocycles. The molecule has 1 aromatic carbocycles. The number of halogens is 1. The highest BCUT2D eigenvalue weighted by molar-refractivity contribution is 6.03. The smallest absolute Gasteiger partial charge is 0.260 e. The molecule has 36 heavy (non-hydrogen) atoms. The second kappa shape index (κ2) is 10.6. The molecule has 0 aliphatic heterocycles. The highest BCUT2D eigenvalue weighted by Crippen LogP contribution is 2.28. The van der Waals surface area contributed by atoms with Crippen molar-refractivity contribution in [2.45, 2.75) is 13.5 Å². The van der Waals surface area contributed by atoms with E-state index in [-0.39, 0.29) is 24.2 Å². The van der Waals surface area contributed by atoms with Gasteiger partial charge in [0.1, 0.15) is 17.3 Å². The van der Waals surface area contributed by atoms with Crippen LogP contribution in [0.5, 0.6) is 17.4 Å². The predicted octanol–water partition coefficient (Wildman–Crippen LogP) is 3.64. The van der Waals surface area contributed by atoms with Crippen molar-refractivity contribution >= 4 is 17.6 Å². The lowest BCUT2D eigenvalue weighted by Crippen LogP contribution is -2.24. The quantitative estimate of drug-likeness (QED) is 0.387. The van der Waals surface area contributed by atoms with Crippen molar-refractivity contribution in [2.75, 3.05) is 12.4 Å². The first kappa shape index (κ1) is 24.3. The Hall–Kier alpha value is -4.80. The van der Waals surface area contributed by atoms with E-state index in [4.69, 9.17) is 9.47 Å².